The predicted molar refractivity (Wildman–Crippen MR) is 55.6 cm³/mol. The maximum Gasteiger partial charge on any atom is 0.311 e. The van der Waals surface area contributed by atoms with E-state index in [9.17, 15) is 4.79 Å². The van der Waals surface area contributed by atoms with Gasteiger partial charge in [0.25, 0.3) is 0 Å². The second-order valence-corrected chi connectivity index (χ2v) is 5.06. The molecule has 0 radical (unpaired) electrons. The molecule has 0 fully saturated rings. The average molecular weight is 233 g/mol. The molecule has 0 aromatic heterocycles. The third-order valence-corrected chi connectivity index (χ3v) is 3.69. The highest BCUT2D eigenvalue weighted by molar-refractivity contribution is 6.32. The summed E-state index contributed by atoms with van der Waals surface area (Å²) in [4.78, 5) is 10.2. The topological polar surface area (TPSA) is 26.3 Å². The van der Waals surface area contributed by atoms with E-state index in [4.69, 9.17) is 27.9 Å². The number of fused-ring (bicyclic) bond motifs is 1. The van der Waals surface area contributed by atoms with Gasteiger partial charge in [-0.2, -0.15) is 0 Å². The molecule has 4 heteroatoms. The van der Waals surface area contributed by atoms with E-state index in [1.807, 2.05) is 12.2 Å². The molecule has 0 heterocycles. The van der Waals surface area contributed by atoms with E-state index in [1.54, 1.807) is 12.2 Å². The average Bonchev–Trinajstić information content (AvgIpc) is 2.19. The van der Waals surface area contributed by atoms with Crippen LogP contribution in [0.1, 0.15) is 6.42 Å². The zero-order valence-corrected chi connectivity index (χ0v) is 9.18. The summed E-state index contributed by atoms with van der Waals surface area (Å²) >= 11 is 12.5. The van der Waals surface area contributed by atoms with Crippen molar-refractivity contribution in [1.29, 1.82) is 0 Å². The molecule has 0 aliphatic heterocycles. The van der Waals surface area contributed by atoms with Crippen molar-refractivity contribution in [3.05, 3.63) is 24.3 Å². The number of methoxy groups -OCH3 is 1. The first kappa shape index (κ1) is 10.1. The van der Waals surface area contributed by atoms with Crippen LogP contribution in [0.5, 0.6) is 0 Å². The molecule has 0 amide bonds. The largest absolute Gasteiger partial charge is 0.469 e. The van der Waals surface area contributed by atoms with Gasteiger partial charge in [0.05, 0.1) is 22.8 Å². The minimum atomic E-state index is -0.746. The van der Waals surface area contributed by atoms with Gasteiger partial charge in [0.15, 0.2) is 0 Å². The first-order chi connectivity index (χ1) is 6.49. The van der Waals surface area contributed by atoms with Gasteiger partial charge in [0.1, 0.15) is 0 Å². The van der Waals surface area contributed by atoms with Crippen LogP contribution in [0.25, 0.3) is 0 Å². The number of rotatable bonds is 1. The molecule has 3 rings (SSSR count). The molecular formula is C10H10Cl2O2. The van der Waals surface area contributed by atoms with Gasteiger partial charge >= 0.3 is 5.97 Å². The van der Waals surface area contributed by atoms with E-state index in [2.05, 4.69) is 0 Å². The van der Waals surface area contributed by atoms with E-state index in [1.165, 1.54) is 7.11 Å². The molecule has 0 N–H and O–H groups in total. The van der Waals surface area contributed by atoms with Crippen LogP contribution in [0.15, 0.2) is 24.3 Å². The number of hydrogen-bond donors (Lipinski definition) is 0. The Morgan fingerprint density at radius 2 is 1.93 bits per heavy atom. The van der Waals surface area contributed by atoms with Crippen LogP contribution in [0.4, 0.5) is 0 Å². The lowest BCUT2D eigenvalue weighted by Gasteiger charge is -2.42. The maximum absolute atomic E-state index is 11.5. The number of halogens is 2. The van der Waals surface area contributed by atoms with Crippen molar-refractivity contribution < 1.29 is 9.53 Å². The molecule has 0 saturated heterocycles. The van der Waals surface area contributed by atoms with Gasteiger partial charge in [-0.05, 0) is 6.42 Å². The van der Waals surface area contributed by atoms with E-state index in [0.29, 0.717) is 6.42 Å². The zero-order valence-electron chi connectivity index (χ0n) is 7.67. The molecular weight excluding hydrogens is 223 g/mol. The van der Waals surface area contributed by atoms with Gasteiger partial charge in [-0.15, -0.1) is 23.2 Å². The molecule has 0 aromatic carbocycles. The fraction of sp³-hybridized carbons (Fsp3) is 0.500. The highest BCUT2D eigenvalue weighted by atomic mass is 35.5. The molecule has 1 atom stereocenters. The van der Waals surface area contributed by atoms with E-state index >= 15 is 0 Å². The summed E-state index contributed by atoms with van der Waals surface area (Å²) in [5, 5.41) is 0. The number of ether oxygens (including phenoxy) is 1. The molecule has 3 aliphatic rings. The van der Waals surface area contributed by atoms with E-state index in [-0.39, 0.29) is 11.9 Å². The van der Waals surface area contributed by atoms with Crippen LogP contribution < -0.4 is 0 Å². The Bertz CT molecular complexity index is 319. The number of alkyl halides is 2. The van der Waals surface area contributed by atoms with Gasteiger partial charge < -0.3 is 4.74 Å². The van der Waals surface area contributed by atoms with Gasteiger partial charge in [-0.25, -0.2) is 0 Å². The summed E-state index contributed by atoms with van der Waals surface area (Å²) in [5.41, 5.74) is 0. The Balaban J connectivity index is 2.36. The summed E-state index contributed by atoms with van der Waals surface area (Å²) < 4.78 is 4.70. The molecule has 0 spiro atoms. The minimum absolute atomic E-state index is 0.307. The zero-order chi connectivity index (χ0) is 10.4. The molecule has 2 bridgehead atoms. The van der Waals surface area contributed by atoms with Crippen molar-refractivity contribution >= 4 is 29.2 Å². The first-order valence-corrected chi connectivity index (χ1v) is 5.11. The lowest BCUT2D eigenvalue weighted by Crippen LogP contribution is -2.46. The highest BCUT2D eigenvalue weighted by Crippen LogP contribution is 2.48. The SMILES string of the molecule is COC(=O)C1CC2(Cl)C=CC1(Cl)C=C2. The van der Waals surface area contributed by atoms with Gasteiger partial charge in [0, 0.05) is 0 Å². The van der Waals surface area contributed by atoms with Crippen LogP contribution in [0.3, 0.4) is 0 Å². The number of allylic oxidation sites excluding steroid dienone is 4. The quantitative estimate of drug-likeness (QED) is 0.394. The third-order valence-electron chi connectivity index (χ3n) is 2.77. The second-order valence-electron chi connectivity index (χ2n) is 3.70. The molecule has 76 valence electrons. The van der Waals surface area contributed by atoms with Crippen molar-refractivity contribution in [2.75, 3.05) is 7.11 Å². The van der Waals surface area contributed by atoms with Gasteiger partial charge in [-0.1, -0.05) is 24.3 Å². The maximum atomic E-state index is 11.5. The molecule has 2 nitrogen and oxygen atoms in total. The molecule has 0 saturated carbocycles. The Hall–Kier alpha value is -0.470. The summed E-state index contributed by atoms with van der Waals surface area (Å²) in [6, 6.07) is 0. The van der Waals surface area contributed by atoms with Crippen molar-refractivity contribution in [3.8, 4) is 0 Å². The summed E-state index contributed by atoms with van der Waals surface area (Å²) in [6.07, 6.45) is 7.71. The smallest absolute Gasteiger partial charge is 0.311 e. The summed E-state index contributed by atoms with van der Waals surface area (Å²) in [7, 11) is 1.36. The Labute approximate surface area is 92.5 Å². The summed E-state index contributed by atoms with van der Waals surface area (Å²) in [6.45, 7) is 0. The van der Waals surface area contributed by atoms with Crippen molar-refractivity contribution in [1.82, 2.24) is 0 Å². The standard InChI is InChI=1S/C10H10Cl2O2/c1-14-8(13)7-6-9(11)2-4-10(7,12)5-3-9/h2-5,7H,6H2,1H3. The van der Waals surface area contributed by atoms with Gasteiger partial charge in [0.2, 0.25) is 0 Å². The fourth-order valence-corrected chi connectivity index (χ4v) is 2.46. The fourth-order valence-electron chi connectivity index (χ4n) is 1.89. The Kier molecular flexibility index (Phi) is 2.16. The van der Waals surface area contributed by atoms with Crippen LogP contribution in [-0.4, -0.2) is 22.8 Å². The molecule has 0 aromatic rings. The lowest BCUT2D eigenvalue weighted by molar-refractivity contribution is -0.146. The monoisotopic (exact) mass is 232 g/mol. The number of hydrogen-bond acceptors (Lipinski definition) is 2. The lowest BCUT2D eigenvalue weighted by atomic mass is 9.72. The minimum Gasteiger partial charge on any atom is -0.469 e. The third kappa shape index (κ3) is 1.37. The number of carbonyl (C=O) groups excluding carboxylic acids is 1. The molecule has 1 unspecified atom stereocenters. The summed E-state index contributed by atoms with van der Waals surface area (Å²) in [5.74, 6) is -0.694. The predicted octanol–water partition coefficient (Wildman–Crippen LogP) is 2.26. The highest BCUT2D eigenvalue weighted by Gasteiger charge is 2.49. The van der Waals surface area contributed by atoms with Crippen molar-refractivity contribution in [2.24, 2.45) is 5.92 Å². The van der Waals surface area contributed by atoms with Crippen LogP contribution in [-0.2, 0) is 9.53 Å². The van der Waals surface area contributed by atoms with Crippen LogP contribution >= 0.6 is 23.2 Å². The second kappa shape index (κ2) is 3.01. The van der Waals surface area contributed by atoms with E-state index in [0.717, 1.165) is 0 Å². The first-order valence-electron chi connectivity index (χ1n) is 4.35. The molecule has 3 aliphatic carbocycles. The number of carbonyl (C=O) groups is 1. The van der Waals surface area contributed by atoms with Crippen molar-refractivity contribution in [3.63, 3.8) is 0 Å². The van der Waals surface area contributed by atoms with Gasteiger partial charge in [-0.3, -0.25) is 4.79 Å². The number of esters is 1. The molecule has 14 heavy (non-hydrogen) atoms. The Morgan fingerprint density at radius 1 is 1.36 bits per heavy atom. The van der Waals surface area contributed by atoms with E-state index < -0.39 is 9.75 Å². The van der Waals surface area contributed by atoms with Crippen molar-refractivity contribution in [2.45, 2.75) is 16.2 Å². The van der Waals surface area contributed by atoms with Crippen LogP contribution in [0, 0.1) is 5.92 Å². The van der Waals surface area contributed by atoms with Crippen LogP contribution in [0.2, 0.25) is 0 Å². The Morgan fingerprint density at radius 3 is 2.43 bits per heavy atom. The normalized spacial score (nSPS) is 44.1.